The van der Waals surface area contributed by atoms with Crippen molar-refractivity contribution in [2.75, 3.05) is 0 Å². The first-order valence-electron chi connectivity index (χ1n) is 5.11. The number of phenolic OH excluding ortho intramolecular Hbond substituents is 1. The zero-order valence-corrected chi connectivity index (χ0v) is 15.5. The summed E-state index contributed by atoms with van der Waals surface area (Å²) in [4.78, 5) is 0. The molecule has 0 heterocycles. The first-order valence-corrected chi connectivity index (χ1v) is 7.27. The molecule has 2 rings (SSSR count). The van der Waals surface area contributed by atoms with Crippen LogP contribution in [0.2, 0.25) is 0 Å². The number of benzene rings is 2. The summed E-state index contributed by atoms with van der Waals surface area (Å²) >= 11 is 3.99. The molecule has 0 aromatic heterocycles. The molecule has 0 atom stereocenters. The predicted molar refractivity (Wildman–Crippen MR) is 99.8 cm³/mol. The molecular formula is C14H10I2N2OS. The third kappa shape index (κ3) is 5.99. The van der Waals surface area contributed by atoms with Crippen LogP contribution in [0.1, 0.15) is 11.1 Å². The van der Waals surface area contributed by atoms with Gasteiger partial charge in [-0.3, -0.25) is 0 Å². The van der Waals surface area contributed by atoms with Crippen LogP contribution in [0.3, 0.4) is 0 Å². The maximum absolute atomic E-state index is 9.30. The lowest BCUT2D eigenvalue weighted by Crippen LogP contribution is -1.82. The number of phenols is 1. The third-order valence-corrected chi connectivity index (χ3v) is 3.69. The van der Waals surface area contributed by atoms with Gasteiger partial charge in [-0.25, -0.2) is 0 Å². The SMILES string of the molecule is N#Cc1cc(I)c(O)c(I)c1.N#Cc1ccccc1.S. The lowest BCUT2D eigenvalue weighted by Gasteiger charge is -1.99. The standard InChI is InChI=1S/C7H3I2NO.C7H5N.H2S/c8-5-1-4(3-10)2-6(9)7(5)11;8-6-7-4-2-1-3-5-7;/h1-2,11H;1-5H;1H2. The number of halogens is 2. The lowest BCUT2D eigenvalue weighted by atomic mass is 10.2. The van der Waals surface area contributed by atoms with Crippen molar-refractivity contribution in [3.63, 3.8) is 0 Å². The fourth-order valence-corrected chi connectivity index (χ4v) is 2.91. The lowest BCUT2D eigenvalue weighted by molar-refractivity contribution is 0.467. The van der Waals surface area contributed by atoms with Crippen molar-refractivity contribution in [3.05, 3.63) is 60.7 Å². The average molecular weight is 508 g/mol. The number of nitrogens with zero attached hydrogens (tertiary/aromatic N) is 2. The molecule has 3 nitrogen and oxygen atoms in total. The van der Waals surface area contributed by atoms with Crippen LogP contribution in [0, 0.1) is 29.8 Å². The highest BCUT2D eigenvalue weighted by Gasteiger charge is 2.04. The molecule has 0 aliphatic carbocycles. The Labute approximate surface area is 152 Å². The van der Waals surface area contributed by atoms with E-state index in [9.17, 15) is 5.11 Å². The highest BCUT2D eigenvalue weighted by Crippen LogP contribution is 2.26. The van der Waals surface area contributed by atoms with E-state index in [1.807, 2.05) is 75.5 Å². The van der Waals surface area contributed by atoms with E-state index in [2.05, 4.69) is 0 Å². The molecule has 102 valence electrons. The summed E-state index contributed by atoms with van der Waals surface area (Å²) in [5, 5.41) is 26.1. The summed E-state index contributed by atoms with van der Waals surface area (Å²) in [6.07, 6.45) is 0. The average Bonchev–Trinajstić information content (AvgIpc) is 2.45. The second-order valence-electron chi connectivity index (χ2n) is 3.38. The van der Waals surface area contributed by atoms with Gasteiger partial charge in [-0.15, -0.1) is 0 Å². The van der Waals surface area contributed by atoms with E-state index in [4.69, 9.17) is 10.5 Å². The van der Waals surface area contributed by atoms with Crippen molar-refractivity contribution in [2.45, 2.75) is 0 Å². The minimum atomic E-state index is 0. The molecule has 0 spiro atoms. The van der Waals surface area contributed by atoms with Gasteiger partial charge in [-0.1, -0.05) is 18.2 Å². The molecule has 0 saturated heterocycles. The molecule has 0 amide bonds. The third-order valence-electron chi connectivity index (χ3n) is 2.05. The van der Waals surface area contributed by atoms with Gasteiger partial charge >= 0.3 is 0 Å². The minimum absolute atomic E-state index is 0. The van der Waals surface area contributed by atoms with Crippen LogP contribution in [-0.2, 0) is 0 Å². The molecule has 0 radical (unpaired) electrons. The maximum atomic E-state index is 9.30. The van der Waals surface area contributed by atoms with Crippen molar-refractivity contribution in [2.24, 2.45) is 0 Å². The van der Waals surface area contributed by atoms with Gasteiger partial charge in [0, 0.05) is 0 Å². The largest absolute Gasteiger partial charge is 0.506 e. The molecule has 6 heteroatoms. The van der Waals surface area contributed by atoms with Crippen LogP contribution in [-0.4, -0.2) is 5.11 Å². The molecule has 2 aromatic rings. The number of nitriles is 2. The first kappa shape index (κ1) is 19.0. The van der Waals surface area contributed by atoms with Crippen molar-refractivity contribution in [3.8, 4) is 17.9 Å². The Morgan fingerprint density at radius 2 is 1.30 bits per heavy atom. The van der Waals surface area contributed by atoms with E-state index in [1.54, 1.807) is 24.3 Å². The molecular weight excluding hydrogens is 498 g/mol. The van der Waals surface area contributed by atoms with Crippen molar-refractivity contribution in [1.82, 2.24) is 0 Å². The van der Waals surface area contributed by atoms with E-state index in [1.165, 1.54) is 0 Å². The summed E-state index contributed by atoms with van der Waals surface area (Å²) in [5.41, 5.74) is 1.30. The maximum Gasteiger partial charge on any atom is 0.142 e. The highest BCUT2D eigenvalue weighted by atomic mass is 127. The minimum Gasteiger partial charge on any atom is -0.506 e. The topological polar surface area (TPSA) is 67.8 Å². The van der Waals surface area contributed by atoms with E-state index in [0.29, 0.717) is 18.3 Å². The van der Waals surface area contributed by atoms with E-state index >= 15 is 0 Å². The molecule has 0 bridgehead atoms. The van der Waals surface area contributed by atoms with Crippen LogP contribution in [0.15, 0.2) is 42.5 Å². The monoisotopic (exact) mass is 508 g/mol. The Bertz CT molecular complexity index is 625. The zero-order valence-electron chi connectivity index (χ0n) is 10.1. The van der Waals surface area contributed by atoms with Gasteiger partial charge in [0.15, 0.2) is 0 Å². The first-order chi connectivity index (χ1) is 9.08. The van der Waals surface area contributed by atoms with Gasteiger partial charge in [-0.2, -0.15) is 24.0 Å². The van der Waals surface area contributed by atoms with Gasteiger partial charge < -0.3 is 5.11 Å². The number of hydrogen-bond donors (Lipinski definition) is 1. The van der Waals surface area contributed by atoms with E-state index < -0.39 is 0 Å². The van der Waals surface area contributed by atoms with E-state index in [0.717, 1.165) is 0 Å². The second kappa shape index (κ2) is 9.86. The van der Waals surface area contributed by atoms with E-state index in [-0.39, 0.29) is 19.2 Å². The Morgan fingerprint density at radius 3 is 1.65 bits per heavy atom. The van der Waals surface area contributed by atoms with Crippen LogP contribution >= 0.6 is 58.7 Å². The fourth-order valence-electron chi connectivity index (χ4n) is 1.14. The van der Waals surface area contributed by atoms with Crippen LogP contribution in [0.5, 0.6) is 5.75 Å². The summed E-state index contributed by atoms with van der Waals surface area (Å²) in [5.74, 6) is 0.255. The quantitative estimate of drug-likeness (QED) is 0.545. The van der Waals surface area contributed by atoms with Gasteiger partial charge in [0.05, 0.1) is 30.4 Å². The molecule has 0 aliphatic heterocycles. The Hall–Kier alpha value is -0.970. The molecule has 0 unspecified atom stereocenters. The smallest absolute Gasteiger partial charge is 0.142 e. The summed E-state index contributed by atoms with van der Waals surface area (Å²) in [6.45, 7) is 0. The Morgan fingerprint density at radius 1 is 0.850 bits per heavy atom. The number of hydrogen-bond acceptors (Lipinski definition) is 3. The van der Waals surface area contributed by atoms with Crippen LogP contribution in [0.25, 0.3) is 0 Å². The van der Waals surface area contributed by atoms with Crippen molar-refractivity contribution in [1.29, 1.82) is 10.5 Å². The van der Waals surface area contributed by atoms with Crippen molar-refractivity contribution < 1.29 is 5.11 Å². The normalized spacial score (nSPS) is 8.20. The van der Waals surface area contributed by atoms with Crippen LogP contribution in [0.4, 0.5) is 0 Å². The van der Waals surface area contributed by atoms with Crippen molar-refractivity contribution >= 4 is 58.7 Å². The van der Waals surface area contributed by atoms with Gasteiger partial charge in [0.2, 0.25) is 0 Å². The van der Waals surface area contributed by atoms with Gasteiger partial charge in [0.1, 0.15) is 5.75 Å². The zero-order chi connectivity index (χ0) is 14.3. The molecule has 2 aromatic carbocycles. The fraction of sp³-hybridized carbons (Fsp3) is 0. The molecule has 20 heavy (non-hydrogen) atoms. The summed E-state index contributed by atoms with van der Waals surface area (Å²) < 4.78 is 1.43. The Kier molecular flexibility index (Phi) is 9.38. The summed E-state index contributed by atoms with van der Waals surface area (Å²) in [6, 6.07) is 16.5. The number of rotatable bonds is 0. The predicted octanol–water partition coefficient (Wildman–Crippen LogP) is 4.14. The molecule has 0 aliphatic rings. The molecule has 1 N–H and O–H groups in total. The summed E-state index contributed by atoms with van der Waals surface area (Å²) in [7, 11) is 0. The van der Waals surface area contributed by atoms with Crippen LogP contribution < -0.4 is 0 Å². The van der Waals surface area contributed by atoms with Gasteiger partial charge in [-0.05, 0) is 69.4 Å². The number of aromatic hydroxyl groups is 1. The Balaban J connectivity index is 0.000000359. The molecule has 0 fully saturated rings. The highest BCUT2D eigenvalue weighted by molar-refractivity contribution is 14.1. The second-order valence-corrected chi connectivity index (χ2v) is 5.70. The molecule has 0 saturated carbocycles. The van der Waals surface area contributed by atoms with Gasteiger partial charge in [0.25, 0.3) is 0 Å².